The van der Waals surface area contributed by atoms with E-state index in [1.165, 1.54) is 0 Å². The first-order valence-electron chi connectivity index (χ1n) is 4.32. The lowest BCUT2D eigenvalue weighted by Gasteiger charge is -2.21. The number of esters is 1. The van der Waals surface area contributed by atoms with Crippen molar-refractivity contribution in [1.29, 1.82) is 0 Å². The van der Waals surface area contributed by atoms with Crippen LogP contribution in [0.3, 0.4) is 0 Å². The molecule has 0 aromatic heterocycles. The monoisotopic (exact) mass is 173 g/mol. The summed E-state index contributed by atoms with van der Waals surface area (Å²) in [5.41, 5.74) is 0. The van der Waals surface area contributed by atoms with Gasteiger partial charge in [-0.05, 0) is 6.42 Å². The van der Waals surface area contributed by atoms with Crippen LogP contribution < -0.4 is 5.32 Å². The molecule has 70 valence electrons. The number of hydrogen-bond donors (Lipinski definition) is 1. The van der Waals surface area contributed by atoms with Crippen molar-refractivity contribution < 1.29 is 14.3 Å². The summed E-state index contributed by atoms with van der Waals surface area (Å²) < 4.78 is 10.1. The van der Waals surface area contributed by atoms with E-state index in [2.05, 4.69) is 5.32 Å². The average Bonchev–Trinajstić information content (AvgIpc) is 2.15. The van der Waals surface area contributed by atoms with Crippen molar-refractivity contribution in [3.8, 4) is 0 Å². The van der Waals surface area contributed by atoms with E-state index in [1.54, 1.807) is 0 Å². The normalized spacial score (nSPS) is 23.6. The molecule has 12 heavy (non-hydrogen) atoms. The molecule has 1 aliphatic rings. The largest absolute Gasteiger partial charge is 0.464 e. The van der Waals surface area contributed by atoms with Gasteiger partial charge in [0.15, 0.2) is 0 Å². The van der Waals surface area contributed by atoms with E-state index in [9.17, 15) is 4.79 Å². The van der Waals surface area contributed by atoms with E-state index in [0.717, 1.165) is 13.0 Å². The molecule has 1 atom stereocenters. The molecule has 1 N–H and O–H groups in total. The highest BCUT2D eigenvalue weighted by Crippen LogP contribution is 1.96. The minimum absolute atomic E-state index is 0.198. The predicted molar refractivity (Wildman–Crippen MR) is 43.9 cm³/mol. The van der Waals surface area contributed by atoms with E-state index in [4.69, 9.17) is 9.47 Å². The second kappa shape index (κ2) is 5.11. The number of nitrogens with one attached hydrogen (secondary N) is 1. The molecule has 0 radical (unpaired) electrons. The summed E-state index contributed by atoms with van der Waals surface area (Å²) >= 11 is 0. The van der Waals surface area contributed by atoms with Gasteiger partial charge in [-0.15, -0.1) is 0 Å². The van der Waals surface area contributed by atoms with E-state index >= 15 is 0 Å². The van der Waals surface area contributed by atoms with Gasteiger partial charge in [-0.1, -0.05) is 6.92 Å². The van der Waals surface area contributed by atoms with Gasteiger partial charge < -0.3 is 14.8 Å². The summed E-state index contributed by atoms with van der Waals surface area (Å²) in [4.78, 5) is 11.2. The van der Waals surface area contributed by atoms with Crippen LogP contribution in [0.5, 0.6) is 0 Å². The Labute approximate surface area is 72.2 Å². The van der Waals surface area contributed by atoms with Gasteiger partial charge in [0, 0.05) is 6.54 Å². The first kappa shape index (κ1) is 9.48. The molecular formula is C8H15NO3. The lowest BCUT2D eigenvalue weighted by atomic mass is 10.3. The van der Waals surface area contributed by atoms with Gasteiger partial charge in [0.05, 0.1) is 19.8 Å². The Morgan fingerprint density at radius 1 is 1.75 bits per heavy atom. The maximum atomic E-state index is 11.2. The van der Waals surface area contributed by atoms with Gasteiger partial charge in [0.2, 0.25) is 0 Å². The predicted octanol–water partition coefficient (Wildman–Crippen LogP) is -0.0720. The highest BCUT2D eigenvalue weighted by atomic mass is 16.5. The van der Waals surface area contributed by atoms with Gasteiger partial charge in [-0.2, -0.15) is 0 Å². The van der Waals surface area contributed by atoms with Crippen molar-refractivity contribution in [3.63, 3.8) is 0 Å². The molecule has 1 rings (SSSR count). The fourth-order valence-electron chi connectivity index (χ4n) is 1.02. The molecule has 0 amide bonds. The number of hydrogen-bond acceptors (Lipinski definition) is 4. The van der Waals surface area contributed by atoms with Crippen molar-refractivity contribution in [3.05, 3.63) is 0 Å². The van der Waals surface area contributed by atoms with Crippen LogP contribution >= 0.6 is 0 Å². The van der Waals surface area contributed by atoms with E-state index in [-0.39, 0.29) is 12.0 Å². The molecule has 0 aliphatic carbocycles. The van der Waals surface area contributed by atoms with E-state index < -0.39 is 0 Å². The maximum absolute atomic E-state index is 11.2. The minimum Gasteiger partial charge on any atom is -0.464 e. The summed E-state index contributed by atoms with van der Waals surface area (Å²) in [7, 11) is 0. The van der Waals surface area contributed by atoms with Crippen molar-refractivity contribution in [2.75, 3.05) is 26.4 Å². The molecule has 1 heterocycles. The first-order valence-corrected chi connectivity index (χ1v) is 4.32. The summed E-state index contributed by atoms with van der Waals surface area (Å²) in [6, 6.07) is -0.259. The third-order valence-corrected chi connectivity index (χ3v) is 1.65. The Hall–Kier alpha value is -0.610. The Morgan fingerprint density at radius 3 is 3.17 bits per heavy atom. The molecule has 1 unspecified atom stereocenters. The molecule has 0 saturated carbocycles. The smallest absolute Gasteiger partial charge is 0.325 e. The number of morpholine rings is 1. The number of carbonyl (C=O) groups is 1. The standard InChI is InChI=1S/C8H15NO3/c1-2-4-12-8(10)7-6-11-5-3-9-7/h7,9H,2-6H2,1H3. The topological polar surface area (TPSA) is 47.6 Å². The summed E-state index contributed by atoms with van der Waals surface area (Å²) in [6.07, 6.45) is 0.860. The molecule has 4 nitrogen and oxygen atoms in total. The molecule has 4 heteroatoms. The summed E-state index contributed by atoms with van der Waals surface area (Å²) in [5, 5.41) is 3.03. The highest BCUT2D eigenvalue weighted by molar-refractivity contribution is 5.76. The van der Waals surface area contributed by atoms with Gasteiger partial charge in [0.25, 0.3) is 0 Å². The second-order valence-corrected chi connectivity index (χ2v) is 2.75. The fourth-order valence-corrected chi connectivity index (χ4v) is 1.02. The molecule has 0 aromatic carbocycles. The average molecular weight is 173 g/mol. The third-order valence-electron chi connectivity index (χ3n) is 1.65. The molecule has 1 fully saturated rings. The molecular weight excluding hydrogens is 158 g/mol. The van der Waals surface area contributed by atoms with Gasteiger partial charge in [-0.3, -0.25) is 4.79 Å². The zero-order chi connectivity index (χ0) is 8.81. The van der Waals surface area contributed by atoms with Crippen molar-refractivity contribution in [2.24, 2.45) is 0 Å². The lowest BCUT2D eigenvalue weighted by molar-refractivity contribution is -0.149. The number of carbonyl (C=O) groups excluding carboxylic acids is 1. The highest BCUT2D eigenvalue weighted by Gasteiger charge is 2.21. The molecule has 0 aromatic rings. The zero-order valence-electron chi connectivity index (χ0n) is 7.34. The molecule has 1 saturated heterocycles. The van der Waals surface area contributed by atoms with Gasteiger partial charge in [-0.25, -0.2) is 0 Å². The minimum atomic E-state index is -0.259. The van der Waals surface area contributed by atoms with Crippen LogP contribution in [0, 0.1) is 0 Å². The van der Waals surface area contributed by atoms with Crippen LogP contribution in [0.4, 0.5) is 0 Å². The van der Waals surface area contributed by atoms with Crippen LogP contribution in [0.2, 0.25) is 0 Å². The number of rotatable bonds is 3. The Morgan fingerprint density at radius 2 is 2.58 bits per heavy atom. The molecule has 1 aliphatic heterocycles. The van der Waals surface area contributed by atoms with Crippen LogP contribution in [-0.4, -0.2) is 38.4 Å². The molecule has 0 spiro atoms. The van der Waals surface area contributed by atoms with Crippen molar-refractivity contribution >= 4 is 5.97 Å². The van der Waals surface area contributed by atoms with Crippen molar-refractivity contribution in [2.45, 2.75) is 19.4 Å². The van der Waals surface area contributed by atoms with Crippen molar-refractivity contribution in [1.82, 2.24) is 5.32 Å². The third kappa shape index (κ3) is 2.79. The Kier molecular flexibility index (Phi) is 4.04. The van der Waals surface area contributed by atoms with Crippen LogP contribution in [0.1, 0.15) is 13.3 Å². The fraction of sp³-hybridized carbons (Fsp3) is 0.875. The first-order chi connectivity index (χ1) is 5.84. The quantitative estimate of drug-likeness (QED) is 0.607. The van der Waals surface area contributed by atoms with Crippen LogP contribution in [-0.2, 0) is 14.3 Å². The van der Waals surface area contributed by atoms with E-state index in [0.29, 0.717) is 19.8 Å². The number of ether oxygens (including phenoxy) is 2. The van der Waals surface area contributed by atoms with Crippen LogP contribution in [0.15, 0.2) is 0 Å². The summed E-state index contributed by atoms with van der Waals surface area (Å²) in [5.74, 6) is -0.198. The molecule has 0 bridgehead atoms. The summed E-state index contributed by atoms with van der Waals surface area (Å²) in [6.45, 7) is 4.31. The van der Waals surface area contributed by atoms with Gasteiger partial charge >= 0.3 is 5.97 Å². The SMILES string of the molecule is CCCOC(=O)C1COCCN1. The Bertz CT molecular complexity index is 143. The van der Waals surface area contributed by atoms with Crippen LogP contribution in [0.25, 0.3) is 0 Å². The Balaban J connectivity index is 2.20. The van der Waals surface area contributed by atoms with E-state index in [1.807, 2.05) is 6.92 Å². The maximum Gasteiger partial charge on any atom is 0.325 e. The second-order valence-electron chi connectivity index (χ2n) is 2.75. The lowest BCUT2D eigenvalue weighted by Crippen LogP contribution is -2.47. The van der Waals surface area contributed by atoms with Gasteiger partial charge in [0.1, 0.15) is 6.04 Å². The zero-order valence-corrected chi connectivity index (χ0v) is 7.34.